The smallest absolute Gasteiger partial charge is 0.225 e. The van der Waals surface area contributed by atoms with E-state index in [1.807, 2.05) is 13.0 Å². The molecule has 84 valence electrons. The fourth-order valence-electron chi connectivity index (χ4n) is 1.33. The molecule has 0 heterocycles. The van der Waals surface area contributed by atoms with Crippen molar-refractivity contribution in [3.05, 3.63) is 29.8 Å². The van der Waals surface area contributed by atoms with Crippen LogP contribution >= 0.6 is 15.9 Å². The Morgan fingerprint density at radius 3 is 2.53 bits per heavy atom. The summed E-state index contributed by atoms with van der Waals surface area (Å²) in [5.41, 5.74) is 0.767. The van der Waals surface area contributed by atoms with E-state index in [4.69, 9.17) is 5.14 Å². The van der Waals surface area contributed by atoms with Gasteiger partial charge in [-0.3, -0.25) is 0 Å². The van der Waals surface area contributed by atoms with Crippen LogP contribution in [0.4, 0.5) is 0 Å². The Morgan fingerprint density at radius 2 is 2.00 bits per heavy atom. The molecule has 0 aliphatic carbocycles. The largest absolute Gasteiger partial charge is 0.238 e. The van der Waals surface area contributed by atoms with E-state index in [0.29, 0.717) is 6.42 Å². The fraction of sp³-hybridized carbons (Fsp3) is 0.400. The maximum Gasteiger partial charge on any atom is 0.238 e. The minimum atomic E-state index is -3.61. The Labute approximate surface area is 98.9 Å². The lowest BCUT2D eigenvalue weighted by molar-refractivity contribution is 0.596. The van der Waals surface area contributed by atoms with Crippen LogP contribution in [0, 0.1) is 0 Å². The van der Waals surface area contributed by atoms with Crippen LogP contribution in [0.25, 0.3) is 0 Å². The molecule has 5 heteroatoms. The molecule has 15 heavy (non-hydrogen) atoms. The van der Waals surface area contributed by atoms with Gasteiger partial charge in [0.25, 0.3) is 0 Å². The van der Waals surface area contributed by atoms with Crippen LogP contribution in [-0.2, 0) is 16.4 Å². The fourth-order valence-corrected chi connectivity index (χ4v) is 2.47. The Morgan fingerprint density at radius 1 is 1.40 bits per heavy atom. The van der Waals surface area contributed by atoms with Crippen molar-refractivity contribution in [2.24, 2.45) is 5.14 Å². The van der Waals surface area contributed by atoms with Gasteiger partial charge in [0.05, 0.1) is 4.90 Å². The zero-order valence-electron chi connectivity index (χ0n) is 8.48. The van der Waals surface area contributed by atoms with E-state index < -0.39 is 10.0 Å². The summed E-state index contributed by atoms with van der Waals surface area (Å²) in [6.07, 6.45) is 1.61. The van der Waals surface area contributed by atoms with Crippen molar-refractivity contribution in [3.8, 4) is 0 Å². The second-order valence-corrected chi connectivity index (χ2v) is 6.19. The highest BCUT2D eigenvalue weighted by Crippen LogP contribution is 2.19. The number of alkyl halides is 1. The quantitative estimate of drug-likeness (QED) is 0.863. The van der Waals surface area contributed by atoms with Gasteiger partial charge in [0.1, 0.15) is 0 Å². The highest BCUT2D eigenvalue weighted by Gasteiger charge is 2.14. The predicted molar refractivity (Wildman–Crippen MR) is 64.5 cm³/mol. The molecule has 1 rings (SSSR count). The SMILES string of the molecule is CCC(Br)Cc1ccccc1S(N)(=O)=O. The zero-order chi connectivity index (χ0) is 11.5. The molecule has 1 aromatic rings. The number of rotatable bonds is 4. The summed E-state index contributed by atoms with van der Waals surface area (Å²) in [6.45, 7) is 2.04. The molecular weight excluding hydrogens is 278 g/mol. The molecule has 0 saturated carbocycles. The third-order valence-electron chi connectivity index (χ3n) is 2.16. The van der Waals surface area contributed by atoms with Crippen molar-refractivity contribution >= 4 is 26.0 Å². The number of halogens is 1. The average Bonchev–Trinajstić information content (AvgIpc) is 2.17. The van der Waals surface area contributed by atoms with Crippen molar-refractivity contribution in [1.82, 2.24) is 0 Å². The van der Waals surface area contributed by atoms with E-state index in [1.165, 1.54) is 0 Å². The molecular formula is C10H14BrNO2S. The Hall–Kier alpha value is -0.390. The zero-order valence-corrected chi connectivity index (χ0v) is 10.9. The number of primary sulfonamides is 1. The van der Waals surface area contributed by atoms with Crippen LogP contribution in [-0.4, -0.2) is 13.2 Å². The van der Waals surface area contributed by atoms with Crippen molar-refractivity contribution in [3.63, 3.8) is 0 Å². The first-order valence-corrected chi connectivity index (χ1v) is 7.16. The van der Waals surface area contributed by atoms with Crippen molar-refractivity contribution in [1.29, 1.82) is 0 Å². The number of sulfonamides is 1. The summed E-state index contributed by atoms with van der Waals surface area (Å²) in [4.78, 5) is 0.503. The van der Waals surface area contributed by atoms with Crippen LogP contribution in [0.5, 0.6) is 0 Å². The van der Waals surface area contributed by atoms with Gasteiger partial charge in [-0.25, -0.2) is 13.6 Å². The standard InChI is InChI=1S/C10H14BrNO2S/c1-2-9(11)7-8-5-3-4-6-10(8)15(12,13)14/h3-6,9H,2,7H2,1H3,(H2,12,13,14). The van der Waals surface area contributed by atoms with Gasteiger partial charge in [-0.15, -0.1) is 0 Å². The van der Waals surface area contributed by atoms with Gasteiger partial charge in [0.2, 0.25) is 10.0 Å². The monoisotopic (exact) mass is 291 g/mol. The summed E-state index contributed by atoms with van der Waals surface area (Å²) < 4.78 is 22.6. The lowest BCUT2D eigenvalue weighted by Gasteiger charge is -2.10. The average molecular weight is 292 g/mol. The highest BCUT2D eigenvalue weighted by atomic mass is 79.9. The van der Waals surface area contributed by atoms with Gasteiger partial charge < -0.3 is 0 Å². The lowest BCUT2D eigenvalue weighted by Crippen LogP contribution is -2.15. The van der Waals surface area contributed by atoms with Gasteiger partial charge in [0.15, 0.2) is 0 Å². The predicted octanol–water partition coefficient (Wildman–Crippen LogP) is 2.05. The number of benzene rings is 1. The lowest BCUT2D eigenvalue weighted by atomic mass is 10.1. The van der Waals surface area contributed by atoms with E-state index in [2.05, 4.69) is 15.9 Å². The molecule has 0 bridgehead atoms. The molecule has 0 radical (unpaired) electrons. The Bertz CT molecular complexity index is 431. The van der Waals surface area contributed by atoms with Crippen molar-refractivity contribution in [2.45, 2.75) is 29.5 Å². The summed E-state index contributed by atoms with van der Waals surface area (Å²) in [5.74, 6) is 0. The first-order chi connectivity index (χ1) is 6.95. The minimum absolute atomic E-state index is 0.225. The molecule has 0 aliphatic rings. The van der Waals surface area contributed by atoms with Gasteiger partial charge in [0, 0.05) is 4.83 Å². The number of hydrogen-bond acceptors (Lipinski definition) is 2. The van der Waals surface area contributed by atoms with E-state index in [-0.39, 0.29) is 9.72 Å². The third-order valence-corrected chi connectivity index (χ3v) is 4.15. The summed E-state index contributed by atoms with van der Waals surface area (Å²) in [7, 11) is -3.61. The molecule has 0 amide bonds. The van der Waals surface area contributed by atoms with Crippen LogP contribution in [0.15, 0.2) is 29.2 Å². The van der Waals surface area contributed by atoms with Crippen molar-refractivity contribution in [2.75, 3.05) is 0 Å². The topological polar surface area (TPSA) is 60.2 Å². The maximum atomic E-state index is 11.3. The number of nitrogens with two attached hydrogens (primary N) is 1. The second-order valence-electron chi connectivity index (χ2n) is 3.36. The molecule has 1 aromatic carbocycles. The minimum Gasteiger partial charge on any atom is -0.225 e. The molecule has 2 N–H and O–H groups in total. The van der Waals surface area contributed by atoms with E-state index in [1.54, 1.807) is 18.2 Å². The molecule has 0 aliphatic heterocycles. The maximum absolute atomic E-state index is 11.3. The van der Waals surface area contributed by atoms with Crippen LogP contribution < -0.4 is 5.14 Å². The second kappa shape index (κ2) is 5.09. The van der Waals surface area contributed by atoms with Crippen molar-refractivity contribution < 1.29 is 8.42 Å². The van der Waals surface area contributed by atoms with Gasteiger partial charge in [-0.05, 0) is 24.5 Å². The summed E-state index contributed by atoms with van der Waals surface area (Å²) in [6, 6.07) is 6.83. The summed E-state index contributed by atoms with van der Waals surface area (Å²) in [5, 5.41) is 5.13. The highest BCUT2D eigenvalue weighted by molar-refractivity contribution is 9.09. The third kappa shape index (κ3) is 3.59. The molecule has 1 unspecified atom stereocenters. The first-order valence-electron chi connectivity index (χ1n) is 4.70. The van der Waals surface area contributed by atoms with E-state index in [0.717, 1.165) is 12.0 Å². The van der Waals surface area contributed by atoms with E-state index >= 15 is 0 Å². The molecule has 0 spiro atoms. The molecule has 1 atom stereocenters. The van der Waals surface area contributed by atoms with Crippen LogP contribution in [0.3, 0.4) is 0 Å². The first kappa shape index (κ1) is 12.7. The Balaban J connectivity index is 3.08. The van der Waals surface area contributed by atoms with Crippen LogP contribution in [0.1, 0.15) is 18.9 Å². The van der Waals surface area contributed by atoms with E-state index in [9.17, 15) is 8.42 Å². The van der Waals surface area contributed by atoms with Crippen LogP contribution in [0.2, 0.25) is 0 Å². The molecule has 3 nitrogen and oxygen atoms in total. The summed E-state index contributed by atoms with van der Waals surface area (Å²) >= 11 is 3.48. The van der Waals surface area contributed by atoms with Gasteiger partial charge in [-0.1, -0.05) is 41.1 Å². The number of hydrogen-bond donors (Lipinski definition) is 1. The normalized spacial score (nSPS) is 13.8. The van der Waals surface area contributed by atoms with Gasteiger partial charge in [-0.2, -0.15) is 0 Å². The Kier molecular flexibility index (Phi) is 4.31. The molecule has 0 aromatic heterocycles. The van der Waals surface area contributed by atoms with Gasteiger partial charge >= 0.3 is 0 Å². The molecule has 0 saturated heterocycles. The molecule has 0 fully saturated rings.